The topological polar surface area (TPSA) is 0 Å². The van der Waals surface area contributed by atoms with Crippen molar-refractivity contribution in [2.45, 2.75) is 12.6 Å². The van der Waals surface area contributed by atoms with Gasteiger partial charge >= 0.3 is 13.2 Å². The summed E-state index contributed by atoms with van der Waals surface area (Å²) < 4.78 is 97.8. The van der Waals surface area contributed by atoms with Crippen molar-refractivity contribution in [3.8, 4) is 0 Å². The molecule has 0 fully saturated rings. The summed E-state index contributed by atoms with van der Waals surface area (Å²) >= 11 is 0. The normalized spacial score (nSPS) is 13.2. The number of rotatable bonds is 2. The van der Waals surface area contributed by atoms with Crippen LogP contribution in [0.2, 0.25) is 0 Å². The first-order valence-corrected chi connectivity index (χ1v) is 4.22. The molecular formula is C8H4BF8-. The predicted octanol–water partition coefficient (Wildman–Crippen LogP) is 3.70. The smallest absolute Gasteiger partial charge is 0.445 e. The zero-order chi connectivity index (χ0) is 13.4. The second-order valence-electron chi connectivity index (χ2n) is 3.22. The fraction of sp³-hybridized carbons (Fsp3) is 0.250. The predicted molar refractivity (Wildman–Crippen MR) is 45.1 cm³/mol. The van der Waals surface area contributed by atoms with Crippen LogP contribution < -0.4 is 5.46 Å². The highest BCUT2D eigenvalue weighted by Gasteiger charge is 2.35. The zero-order valence-electron chi connectivity index (χ0n) is 7.91. The van der Waals surface area contributed by atoms with Crippen molar-refractivity contribution in [2.24, 2.45) is 0 Å². The maximum Gasteiger partial charge on any atom is 0.510 e. The molecule has 0 atom stereocenters. The Morgan fingerprint density at radius 2 is 1.53 bits per heavy atom. The summed E-state index contributed by atoms with van der Waals surface area (Å²) in [5.74, 6) is 0. The first-order chi connectivity index (χ1) is 7.53. The van der Waals surface area contributed by atoms with E-state index in [9.17, 15) is 34.9 Å². The maximum absolute atomic E-state index is 12.3. The van der Waals surface area contributed by atoms with Crippen LogP contribution in [0.4, 0.5) is 34.9 Å². The van der Waals surface area contributed by atoms with Crippen LogP contribution >= 0.6 is 0 Å². The van der Waals surface area contributed by atoms with Gasteiger partial charge in [0.1, 0.15) is 0 Å². The Morgan fingerprint density at radius 3 is 1.88 bits per heavy atom. The van der Waals surface area contributed by atoms with Gasteiger partial charge in [0.25, 0.3) is 6.43 Å². The Morgan fingerprint density at radius 1 is 1.00 bits per heavy atom. The lowest BCUT2D eigenvalue weighted by molar-refractivity contribution is -0.137. The quantitative estimate of drug-likeness (QED) is 0.563. The molecule has 0 radical (unpaired) electrons. The molecule has 1 rings (SSSR count). The summed E-state index contributed by atoms with van der Waals surface area (Å²) in [6.07, 6.45) is -8.57. The van der Waals surface area contributed by atoms with E-state index in [0.717, 1.165) is 0 Å². The number of alkyl halides is 5. The second-order valence-corrected chi connectivity index (χ2v) is 3.22. The Kier molecular flexibility index (Phi) is 3.40. The van der Waals surface area contributed by atoms with Crippen LogP contribution in [0.3, 0.4) is 0 Å². The molecule has 0 aromatic heterocycles. The van der Waals surface area contributed by atoms with E-state index in [4.69, 9.17) is 0 Å². The van der Waals surface area contributed by atoms with Crippen molar-refractivity contribution < 1.29 is 34.9 Å². The molecule has 0 aliphatic rings. The van der Waals surface area contributed by atoms with Crippen LogP contribution in [0.5, 0.6) is 0 Å². The molecule has 0 N–H and O–H groups in total. The molecule has 0 nitrogen and oxygen atoms in total. The van der Waals surface area contributed by atoms with Gasteiger partial charge in [0, 0.05) is 0 Å². The van der Waals surface area contributed by atoms with Gasteiger partial charge in [-0.05, 0) is 11.6 Å². The molecule has 0 spiro atoms. The van der Waals surface area contributed by atoms with Crippen molar-refractivity contribution in [3.63, 3.8) is 0 Å². The average molecular weight is 263 g/mol. The summed E-state index contributed by atoms with van der Waals surface area (Å²) in [6.45, 7) is -5.77. The summed E-state index contributed by atoms with van der Waals surface area (Å²) in [4.78, 5) is 0. The Balaban J connectivity index is 3.38. The maximum atomic E-state index is 12.3. The fourth-order valence-electron chi connectivity index (χ4n) is 1.24. The van der Waals surface area contributed by atoms with Gasteiger partial charge in [0.15, 0.2) is 0 Å². The van der Waals surface area contributed by atoms with E-state index in [2.05, 4.69) is 0 Å². The van der Waals surface area contributed by atoms with E-state index in [-0.39, 0.29) is 18.2 Å². The van der Waals surface area contributed by atoms with E-state index in [1.807, 2.05) is 0 Å². The van der Waals surface area contributed by atoms with Gasteiger partial charge in [-0.25, -0.2) is 8.78 Å². The van der Waals surface area contributed by atoms with Crippen LogP contribution in [0.15, 0.2) is 18.2 Å². The van der Waals surface area contributed by atoms with E-state index in [1.54, 1.807) is 0 Å². The standard InChI is InChI=1S/C8H4BF8/c10-7(11)5-3-4(8(12,13)14)1-2-6(5)9(15,16)17/h1-3,7H/q-1. The lowest BCUT2D eigenvalue weighted by Crippen LogP contribution is -2.37. The third-order valence-corrected chi connectivity index (χ3v) is 2.00. The van der Waals surface area contributed by atoms with E-state index in [1.165, 1.54) is 0 Å². The van der Waals surface area contributed by atoms with E-state index in [0.29, 0.717) is 0 Å². The molecule has 0 bridgehead atoms. The van der Waals surface area contributed by atoms with Gasteiger partial charge in [0.05, 0.1) is 5.56 Å². The van der Waals surface area contributed by atoms with Gasteiger partial charge in [-0.3, -0.25) is 0 Å². The van der Waals surface area contributed by atoms with Crippen LogP contribution in [-0.2, 0) is 6.18 Å². The molecule has 0 saturated heterocycles. The van der Waals surface area contributed by atoms with Crippen molar-refractivity contribution in [1.82, 2.24) is 0 Å². The number of hydrogen-bond donors (Lipinski definition) is 0. The highest BCUT2D eigenvalue weighted by Crippen LogP contribution is 2.32. The Bertz CT molecular complexity index is 405. The lowest BCUT2D eigenvalue weighted by Gasteiger charge is -2.20. The molecule has 0 amide bonds. The van der Waals surface area contributed by atoms with Crippen LogP contribution in [0.25, 0.3) is 0 Å². The minimum absolute atomic E-state index is 0.0321. The molecule has 96 valence electrons. The molecule has 0 unspecified atom stereocenters. The molecule has 17 heavy (non-hydrogen) atoms. The first-order valence-electron chi connectivity index (χ1n) is 4.22. The Hall–Kier alpha value is -1.28. The van der Waals surface area contributed by atoms with Crippen molar-refractivity contribution in [1.29, 1.82) is 0 Å². The average Bonchev–Trinajstić information content (AvgIpc) is 2.14. The first kappa shape index (κ1) is 13.8. The molecule has 1 aromatic rings. The van der Waals surface area contributed by atoms with Crippen LogP contribution in [0, 0.1) is 0 Å². The molecule has 0 saturated carbocycles. The minimum Gasteiger partial charge on any atom is -0.445 e. The number of benzene rings is 1. The van der Waals surface area contributed by atoms with Crippen molar-refractivity contribution in [3.05, 3.63) is 29.3 Å². The minimum atomic E-state index is -5.77. The van der Waals surface area contributed by atoms with Gasteiger partial charge in [-0.15, -0.1) is 0 Å². The highest BCUT2D eigenvalue weighted by atomic mass is 19.4. The molecule has 0 aliphatic heterocycles. The van der Waals surface area contributed by atoms with Gasteiger partial charge in [-0.2, -0.15) is 13.2 Å². The third-order valence-electron chi connectivity index (χ3n) is 2.00. The molecule has 0 aliphatic carbocycles. The van der Waals surface area contributed by atoms with Crippen molar-refractivity contribution in [2.75, 3.05) is 0 Å². The SMILES string of the molecule is FC(F)c1cc(C(F)(F)F)ccc1[B-](F)(F)F. The molecule has 9 heteroatoms. The molecule has 0 heterocycles. The van der Waals surface area contributed by atoms with Crippen molar-refractivity contribution >= 4 is 12.4 Å². The summed E-state index contributed by atoms with van der Waals surface area (Å²) in [6, 6.07) is -0.00396. The van der Waals surface area contributed by atoms with E-state index >= 15 is 0 Å². The van der Waals surface area contributed by atoms with Gasteiger partial charge in [-0.1, -0.05) is 17.6 Å². The van der Waals surface area contributed by atoms with Gasteiger partial charge < -0.3 is 12.9 Å². The number of halogens is 8. The summed E-state index contributed by atoms with van der Waals surface area (Å²) in [7, 11) is 0. The molecule has 1 aromatic carbocycles. The largest absolute Gasteiger partial charge is 0.510 e. The number of hydrogen-bond acceptors (Lipinski definition) is 0. The monoisotopic (exact) mass is 263 g/mol. The van der Waals surface area contributed by atoms with Gasteiger partial charge in [0.2, 0.25) is 0 Å². The third kappa shape index (κ3) is 3.10. The van der Waals surface area contributed by atoms with Crippen LogP contribution in [0.1, 0.15) is 17.6 Å². The fourth-order valence-corrected chi connectivity index (χ4v) is 1.24. The Labute approximate surface area is 90.3 Å². The molecular weight excluding hydrogens is 259 g/mol. The highest BCUT2D eigenvalue weighted by molar-refractivity contribution is 6.74. The van der Waals surface area contributed by atoms with E-state index < -0.39 is 36.2 Å². The lowest BCUT2D eigenvalue weighted by atomic mass is 9.76. The zero-order valence-corrected chi connectivity index (χ0v) is 7.91. The second kappa shape index (κ2) is 4.19. The summed E-state index contributed by atoms with van der Waals surface area (Å²) in [5, 5.41) is 0. The summed E-state index contributed by atoms with van der Waals surface area (Å²) in [5.41, 5.74) is -4.88. The van der Waals surface area contributed by atoms with Crippen LogP contribution in [-0.4, -0.2) is 6.98 Å².